The third-order valence-electron chi connectivity index (χ3n) is 4.02. The average molecular weight is 298 g/mol. The molecule has 22 heavy (non-hydrogen) atoms. The molecule has 0 radical (unpaired) electrons. The number of rotatable bonds is 3. The number of nitrogens with zero attached hydrogens (tertiary/aromatic N) is 3. The molecule has 1 aromatic carbocycles. The van der Waals surface area contributed by atoms with Crippen LogP contribution in [-0.2, 0) is 0 Å². The standard InChI is InChI=1S/C16H18N4O2/c17-15(21)12-3-1-4-13(9-12)16(22)19-7-2-5-14(10-19)20-8-6-18-11-20/h1,3-4,6,8-9,11,14H,2,5,7,10H2,(H2,17,21)/t14-/m1/s1. The zero-order valence-electron chi connectivity index (χ0n) is 12.2. The fraction of sp³-hybridized carbons (Fsp3) is 0.312. The van der Waals surface area contributed by atoms with Gasteiger partial charge in [-0.15, -0.1) is 0 Å². The van der Waals surface area contributed by atoms with E-state index in [2.05, 4.69) is 4.98 Å². The largest absolute Gasteiger partial charge is 0.366 e. The van der Waals surface area contributed by atoms with Crippen molar-refractivity contribution in [2.24, 2.45) is 5.73 Å². The van der Waals surface area contributed by atoms with Crippen molar-refractivity contribution in [3.63, 3.8) is 0 Å². The second kappa shape index (κ2) is 6.01. The van der Waals surface area contributed by atoms with Crippen molar-refractivity contribution in [2.75, 3.05) is 13.1 Å². The van der Waals surface area contributed by atoms with Gasteiger partial charge in [0.25, 0.3) is 5.91 Å². The molecule has 1 fully saturated rings. The highest BCUT2D eigenvalue weighted by Gasteiger charge is 2.25. The van der Waals surface area contributed by atoms with Crippen molar-refractivity contribution >= 4 is 11.8 Å². The van der Waals surface area contributed by atoms with E-state index >= 15 is 0 Å². The van der Waals surface area contributed by atoms with Gasteiger partial charge in [-0.2, -0.15) is 0 Å². The van der Waals surface area contributed by atoms with Crippen LogP contribution >= 0.6 is 0 Å². The lowest BCUT2D eigenvalue weighted by Crippen LogP contribution is -2.40. The molecule has 3 rings (SSSR count). The maximum absolute atomic E-state index is 12.6. The summed E-state index contributed by atoms with van der Waals surface area (Å²) in [6, 6.07) is 6.83. The number of piperidine rings is 1. The van der Waals surface area contributed by atoms with E-state index in [0.717, 1.165) is 19.4 Å². The Kier molecular flexibility index (Phi) is 3.91. The average Bonchev–Trinajstić information content (AvgIpc) is 3.09. The van der Waals surface area contributed by atoms with Crippen LogP contribution in [0.1, 0.15) is 39.6 Å². The molecular weight excluding hydrogens is 280 g/mol. The third-order valence-corrected chi connectivity index (χ3v) is 4.02. The summed E-state index contributed by atoms with van der Waals surface area (Å²) in [5, 5.41) is 0. The Hall–Kier alpha value is -2.63. The molecule has 6 nitrogen and oxygen atoms in total. The van der Waals surface area contributed by atoms with E-state index in [9.17, 15) is 9.59 Å². The van der Waals surface area contributed by atoms with Crippen molar-refractivity contribution in [2.45, 2.75) is 18.9 Å². The second-order valence-electron chi connectivity index (χ2n) is 5.50. The van der Waals surface area contributed by atoms with E-state index in [4.69, 9.17) is 5.73 Å². The Morgan fingerprint density at radius 3 is 2.82 bits per heavy atom. The topological polar surface area (TPSA) is 81.2 Å². The summed E-state index contributed by atoms with van der Waals surface area (Å²) >= 11 is 0. The fourth-order valence-corrected chi connectivity index (χ4v) is 2.86. The van der Waals surface area contributed by atoms with Gasteiger partial charge in [0.2, 0.25) is 5.91 Å². The van der Waals surface area contributed by atoms with Crippen LogP contribution < -0.4 is 5.73 Å². The zero-order chi connectivity index (χ0) is 15.5. The number of imidazole rings is 1. The van der Waals surface area contributed by atoms with E-state index in [1.165, 1.54) is 0 Å². The van der Waals surface area contributed by atoms with E-state index in [-0.39, 0.29) is 11.9 Å². The van der Waals surface area contributed by atoms with Gasteiger partial charge in [0.1, 0.15) is 0 Å². The van der Waals surface area contributed by atoms with Crippen molar-refractivity contribution in [3.8, 4) is 0 Å². The van der Waals surface area contributed by atoms with Gasteiger partial charge < -0.3 is 15.2 Å². The highest BCUT2D eigenvalue weighted by Crippen LogP contribution is 2.22. The number of amides is 2. The van der Waals surface area contributed by atoms with Gasteiger partial charge >= 0.3 is 0 Å². The molecule has 1 aliphatic heterocycles. The van der Waals surface area contributed by atoms with Crippen LogP contribution in [0.5, 0.6) is 0 Å². The minimum absolute atomic E-state index is 0.0621. The van der Waals surface area contributed by atoms with E-state index in [1.807, 2.05) is 15.7 Å². The molecule has 0 unspecified atom stereocenters. The molecule has 6 heteroatoms. The first-order valence-corrected chi connectivity index (χ1v) is 7.32. The van der Waals surface area contributed by atoms with Gasteiger partial charge in [-0.1, -0.05) is 6.07 Å². The lowest BCUT2D eigenvalue weighted by Gasteiger charge is -2.33. The Labute approximate surface area is 128 Å². The molecule has 0 saturated carbocycles. The number of primary amides is 1. The van der Waals surface area contributed by atoms with Crippen LogP contribution in [0.15, 0.2) is 43.0 Å². The molecule has 2 amide bonds. The van der Waals surface area contributed by atoms with Crippen LogP contribution in [-0.4, -0.2) is 39.4 Å². The lowest BCUT2D eigenvalue weighted by atomic mass is 10.0. The quantitative estimate of drug-likeness (QED) is 0.931. The number of carbonyl (C=O) groups excluding carboxylic acids is 2. The van der Waals surface area contributed by atoms with Crippen molar-refractivity contribution in [1.82, 2.24) is 14.5 Å². The molecule has 1 atom stereocenters. The number of likely N-dealkylation sites (tertiary alicyclic amines) is 1. The van der Waals surface area contributed by atoms with Gasteiger partial charge in [-0.05, 0) is 31.0 Å². The van der Waals surface area contributed by atoms with Gasteiger partial charge in [0.05, 0.1) is 12.4 Å². The molecule has 1 aliphatic rings. The number of benzene rings is 1. The Balaban J connectivity index is 1.77. The first kappa shape index (κ1) is 14.3. The van der Waals surface area contributed by atoms with Crippen molar-refractivity contribution in [1.29, 1.82) is 0 Å². The number of nitrogens with two attached hydrogens (primary N) is 1. The summed E-state index contributed by atoms with van der Waals surface area (Å²) in [5.41, 5.74) is 6.13. The maximum Gasteiger partial charge on any atom is 0.253 e. The molecule has 2 aromatic rings. The van der Waals surface area contributed by atoms with Crippen LogP contribution in [0.25, 0.3) is 0 Å². The minimum atomic E-state index is -0.524. The van der Waals surface area contributed by atoms with Gasteiger partial charge in [0, 0.05) is 36.6 Å². The van der Waals surface area contributed by atoms with E-state index in [1.54, 1.807) is 36.8 Å². The monoisotopic (exact) mass is 298 g/mol. The Morgan fingerprint density at radius 2 is 2.09 bits per heavy atom. The van der Waals surface area contributed by atoms with E-state index in [0.29, 0.717) is 17.7 Å². The van der Waals surface area contributed by atoms with Gasteiger partial charge in [-0.3, -0.25) is 9.59 Å². The van der Waals surface area contributed by atoms with Crippen molar-refractivity contribution in [3.05, 3.63) is 54.1 Å². The molecule has 0 bridgehead atoms. The normalized spacial score (nSPS) is 18.2. The highest BCUT2D eigenvalue weighted by molar-refractivity contribution is 5.99. The maximum atomic E-state index is 12.6. The first-order valence-electron chi connectivity index (χ1n) is 7.32. The summed E-state index contributed by atoms with van der Waals surface area (Å²) in [4.78, 5) is 29.8. The predicted octanol–water partition coefficient (Wildman–Crippen LogP) is 1.46. The first-order chi connectivity index (χ1) is 10.6. The van der Waals surface area contributed by atoms with Gasteiger partial charge in [-0.25, -0.2) is 4.98 Å². The molecule has 0 spiro atoms. The van der Waals surface area contributed by atoms with Crippen LogP contribution in [0.3, 0.4) is 0 Å². The smallest absolute Gasteiger partial charge is 0.253 e. The summed E-state index contributed by atoms with van der Waals surface area (Å²) < 4.78 is 2.04. The molecule has 1 saturated heterocycles. The summed E-state index contributed by atoms with van der Waals surface area (Å²) in [6.45, 7) is 1.38. The van der Waals surface area contributed by atoms with Crippen LogP contribution in [0.2, 0.25) is 0 Å². The number of hydrogen-bond acceptors (Lipinski definition) is 3. The lowest BCUT2D eigenvalue weighted by molar-refractivity contribution is 0.0679. The molecule has 2 N–H and O–H groups in total. The third kappa shape index (κ3) is 2.86. The molecule has 1 aromatic heterocycles. The number of hydrogen-bond donors (Lipinski definition) is 1. The SMILES string of the molecule is NC(=O)c1cccc(C(=O)N2CCC[C@@H](n3ccnc3)C2)c1. The summed E-state index contributed by atoms with van der Waals surface area (Å²) in [5.74, 6) is -0.586. The summed E-state index contributed by atoms with van der Waals surface area (Å²) in [6.07, 6.45) is 7.43. The van der Waals surface area contributed by atoms with Crippen molar-refractivity contribution < 1.29 is 9.59 Å². The predicted molar refractivity (Wildman–Crippen MR) is 81.4 cm³/mol. The number of carbonyl (C=O) groups is 2. The zero-order valence-corrected chi connectivity index (χ0v) is 12.2. The van der Waals surface area contributed by atoms with Crippen LogP contribution in [0, 0.1) is 0 Å². The van der Waals surface area contributed by atoms with E-state index < -0.39 is 5.91 Å². The van der Waals surface area contributed by atoms with Gasteiger partial charge in [0.15, 0.2) is 0 Å². The fourth-order valence-electron chi connectivity index (χ4n) is 2.86. The van der Waals surface area contributed by atoms with Crippen LogP contribution in [0.4, 0.5) is 0 Å². The Bertz CT molecular complexity index is 681. The molecule has 0 aliphatic carbocycles. The molecule has 2 heterocycles. The molecular formula is C16H18N4O2. The highest BCUT2D eigenvalue weighted by atomic mass is 16.2. The summed E-state index contributed by atoms with van der Waals surface area (Å²) in [7, 11) is 0. The molecule has 114 valence electrons. The minimum Gasteiger partial charge on any atom is -0.366 e. The second-order valence-corrected chi connectivity index (χ2v) is 5.50. The number of aromatic nitrogens is 2. The Morgan fingerprint density at radius 1 is 1.27 bits per heavy atom.